The maximum absolute atomic E-state index is 2.27. The zero-order valence-corrected chi connectivity index (χ0v) is 10.9. The van der Waals surface area contributed by atoms with Gasteiger partial charge in [-0.2, -0.15) is 0 Å². The lowest BCUT2D eigenvalue weighted by molar-refractivity contribution is 0.801. The first kappa shape index (κ1) is 13.0. The van der Waals surface area contributed by atoms with Crippen LogP contribution in [-0.4, -0.2) is 0 Å². The van der Waals surface area contributed by atoms with Gasteiger partial charge in [0.05, 0.1) is 0 Å². The van der Waals surface area contributed by atoms with Crippen LogP contribution in [0.2, 0.25) is 0 Å². The van der Waals surface area contributed by atoms with Crippen LogP contribution < -0.4 is 0 Å². The van der Waals surface area contributed by atoms with Crippen LogP contribution in [0.5, 0.6) is 0 Å². The van der Waals surface area contributed by atoms with Crippen LogP contribution in [0.3, 0.4) is 0 Å². The second kappa shape index (κ2) is 7.27. The van der Waals surface area contributed by atoms with Crippen LogP contribution in [0.4, 0.5) is 0 Å². The Labute approximate surface area is 100 Å². The van der Waals surface area contributed by atoms with Crippen LogP contribution in [0.25, 0.3) is 5.57 Å². The maximum atomic E-state index is 2.27. The predicted octanol–water partition coefficient (Wildman–Crippen LogP) is 5.45. The van der Waals surface area contributed by atoms with Crippen molar-refractivity contribution in [3.63, 3.8) is 0 Å². The fourth-order valence-electron chi connectivity index (χ4n) is 2.33. The minimum absolute atomic E-state index is 1.15. The van der Waals surface area contributed by atoms with E-state index in [0.717, 1.165) is 6.42 Å². The highest BCUT2D eigenvalue weighted by Gasteiger charge is 2.06. The summed E-state index contributed by atoms with van der Waals surface area (Å²) in [7, 11) is 0. The van der Waals surface area contributed by atoms with Gasteiger partial charge in [-0.3, -0.25) is 0 Å². The Morgan fingerprint density at radius 1 is 0.875 bits per heavy atom. The number of rotatable bonds is 6. The van der Waals surface area contributed by atoms with Gasteiger partial charge >= 0.3 is 0 Å². The first-order valence-electron chi connectivity index (χ1n) is 6.59. The highest BCUT2D eigenvalue weighted by molar-refractivity contribution is 5.68. The van der Waals surface area contributed by atoms with Crippen molar-refractivity contribution < 1.29 is 0 Å². The molecular weight excluding hydrogens is 192 g/mol. The number of hydrogen-bond acceptors (Lipinski definition) is 0. The summed E-state index contributed by atoms with van der Waals surface area (Å²) < 4.78 is 0. The molecule has 0 aliphatic carbocycles. The zero-order valence-electron chi connectivity index (χ0n) is 10.9. The molecule has 0 aliphatic rings. The Morgan fingerprint density at radius 3 is 1.88 bits per heavy atom. The van der Waals surface area contributed by atoms with Crippen LogP contribution >= 0.6 is 0 Å². The first-order chi connectivity index (χ1) is 7.83. The summed E-state index contributed by atoms with van der Waals surface area (Å²) in [6.07, 6.45) is 6.18. The molecule has 1 rings (SSSR count). The molecule has 0 radical (unpaired) electrons. The molecule has 0 heterocycles. The molecular formula is C16H24. The van der Waals surface area contributed by atoms with Gasteiger partial charge in [0.15, 0.2) is 0 Å². The van der Waals surface area contributed by atoms with Crippen molar-refractivity contribution >= 4 is 5.57 Å². The molecule has 0 nitrogen and oxygen atoms in total. The zero-order chi connectivity index (χ0) is 11.8. The Bertz CT molecular complexity index is 311. The summed E-state index contributed by atoms with van der Waals surface area (Å²) in [5, 5.41) is 0. The van der Waals surface area contributed by atoms with E-state index < -0.39 is 0 Å². The van der Waals surface area contributed by atoms with Crippen LogP contribution in [0, 0.1) is 0 Å². The Hall–Kier alpha value is -1.04. The molecule has 0 saturated heterocycles. The summed E-state index contributed by atoms with van der Waals surface area (Å²) in [5.41, 5.74) is 4.66. The molecule has 0 unspecified atom stereocenters. The molecule has 0 spiro atoms. The van der Waals surface area contributed by atoms with Gasteiger partial charge in [-0.15, -0.1) is 0 Å². The van der Waals surface area contributed by atoms with Crippen molar-refractivity contribution in [3.05, 3.63) is 41.5 Å². The number of allylic oxidation sites excluding steroid dienone is 2. The standard InChI is InChI=1S/C16H24/c1-4-10-14(11-5-2)16(6-3)15-12-8-7-9-13-15/h7-9,12-13H,4-6,10-11H2,1-3H3. The summed E-state index contributed by atoms with van der Waals surface area (Å²) in [6.45, 7) is 6.82. The normalized spacial score (nSPS) is 10.2. The van der Waals surface area contributed by atoms with E-state index in [1.165, 1.54) is 31.2 Å². The van der Waals surface area contributed by atoms with Crippen LogP contribution in [-0.2, 0) is 0 Å². The molecule has 0 aliphatic heterocycles. The lowest BCUT2D eigenvalue weighted by atomic mass is 9.92. The van der Waals surface area contributed by atoms with Gasteiger partial charge in [-0.1, -0.05) is 69.5 Å². The monoisotopic (exact) mass is 216 g/mol. The largest absolute Gasteiger partial charge is 0.0664 e. The van der Waals surface area contributed by atoms with E-state index in [-0.39, 0.29) is 0 Å². The van der Waals surface area contributed by atoms with E-state index >= 15 is 0 Å². The smallest absolute Gasteiger partial charge is 0.0225 e. The molecule has 16 heavy (non-hydrogen) atoms. The molecule has 0 bridgehead atoms. The van der Waals surface area contributed by atoms with Gasteiger partial charge < -0.3 is 0 Å². The molecule has 0 N–H and O–H groups in total. The van der Waals surface area contributed by atoms with E-state index in [9.17, 15) is 0 Å². The maximum Gasteiger partial charge on any atom is -0.0225 e. The van der Waals surface area contributed by atoms with Crippen LogP contribution in [0.1, 0.15) is 58.4 Å². The molecule has 0 amide bonds. The fourth-order valence-corrected chi connectivity index (χ4v) is 2.33. The van der Waals surface area contributed by atoms with E-state index in [4.69, 9.17) is 0 Å². The van der Waals surface area contributed by atoms with Crippen molar-refractivity contribution in [2.24, 2.45) is 0 Å². The summed E-state index contributed by atoms with van der Waals surface area (Å²) in [6, 6.07) is 10.9. The van der Waals surface area contributed by atoms with E-state index in [1.54, 1.807) is 11.1 Å². The van der Waals surface area contributed by atoms with Crippen molar-refractivity contribution in [1.29, 1.82) is 0 Å². The number of hydrogen-bond donors (Lipinski definition) is 0. The minimum Gasteiger partial charge on any atom is -0.0664 e. The Morgan fingerprint density at radius 2 is 1.44 bits per heavy atom. The Balaban J connectivity index is 3.04. The fraction of sp³-hybridized carbons (Fsp3) is 0.500. The van der Waals surface area contributed by atoms with Crippen LogP contribution in [0.15, 0.2) is 35.9 Å². The lowest BCUT2D eigenvalue weighted by Crippen LogP contribution is -1.92. The van der Waals surface area contributed by atoms with Crippen molar-refractivity contribution in [3.8, 4) is 0 Å². The van der Waals surface area contributed by atoms with Gasteiger partial charge in [0.1, 0.15) is 0 Å². The lowest BCUT2D eigenvalue weighted by Gasteiger charge is -2.13. The van der Waals surface area contributed by atoms with E-state index in [0.29, 0.717) is 0 Å². The molecule has 88 valence electrons. The predicted molar refractivity (Wildman–Crippen MR) is 73.5 cm³/mol. The minimum atomic E-state index is 1.15. The summed E-state index contributed by atoms with van der Waals surface area (Å²) in [5.74, 6) is 0. The van der Waals surface area contributed by atoms with Crippen molar-refractivity contribution in [1.82, 2.24) is 0 Å². The van der Waals surface area contributed by atoms with Gasteiger partial charge in [-0.25, -0.2) is 0 Å². The van der Waals surface area contributed by atoms with Gasteiger partial charge in [0, 0.05) is 0 Å². The number of benzene rings is 1. The molecule has 1 aromatic rings. The molecule has 0 fully saturated rings. The third-order valence-electron chi connectivity index (χ3n) is 3.01. The SMILES string of the molecule is CCCC(CCC)=C(CC)c1ccccc1. The molecule has 0 saturated carbocycles. The average molecular weight is 216 g/mol. The third-order valence-corrected chi connectivity index (χ3v) is 3.01. The van der Waals surface area contributed by atoms with Crippen molar-refractivity contribution in [2.75, 3.05) is 0 Å². The van der Waals surface area contributed by atoms with E-state index in [1.807, 2.05) is 0 Å². The van der Waals surface area contributed by atoms with Gasteiger partial charge in [0.25, 0.3) is 0 Å². The average Bonchev–Trinajstić information content (AvgIpc) is 2.32. The van der Waals surface area contributed by atoms with Crippen molar-refractivity contribution in [2.45, 2.75) is 52.9 Å². The first-order valence-corrected chi connectivity index (χ1v) is 6.59. The summed E-state index contributed by atoms with van der Waals surface area (Å²) in [4.78, 5) is 0. The highest BCUT2D eigenvalue weighted by Crippen LogP contribution is 2.27. The quantitative estimate of drug-likeness (QED) is 0.593. The second-order valence-corrected chi connectivity index (χ2v) is 4.30. The summed E-state index contributed by atoms with van der Waals surface area (Å²) >= 11 is 0. The van der Waals surface area contributed by atoms with Gasteiger partial charge in [-0.05, 0) is 30.4 Å². The van der Waals surface area contributed by atoms with E-state index in [2.05, 4.69) is 51.1 Å². The van der Waals surface area contributed by atoms with Gasteiger partial charge in [0.2, 0.25) is 0 Å². The molecule has 0 atom stereocenters. The molecule has 0 aromatic heterocycles. The highest BCUT2D eigenvalue weighted by atomic mass is 14.1. The third kappa shape index (κ3) is 3.52. The molecule has 0 heteroatoms. The topological polar surface area (TPSA) is 0 Å². The molecule has 1 aromatic carbocycles. The Kier molecular flexibility index (Phi) is 5.92. The second-order valence-electron chi connectivity index (χ2n) is 4.30.